The molecule has 0 rings (SSSR count). The van der Waals surface area contributed by atoms with Crippen LogP contribution in [0.4, 0.5) is 0 Å². The first-order chi connectivity index (χ1) is 25.5. The van der Waals surface area contributed by atoms with Crippen molar-refractivity contribution in [2.45, 2.75) is 238 Å². The number of ether oxygens (including phenoxy) is 1. The van der Waals surface area contributed by atoms with Crippen LogP contribution in [0.5, 0.6) is 0 Å². The summed E-state index contributed by atoms with van der Waals surface area (Å²) in [6.45, 7) is 6.31. The van der Waals surface area contributed by atoms with E-state index in [1.807, 2.05) is 0 Å². The zero-order valence-corrected chi connectivity index (χ0v) is 34.4. The number of unbranched alkanes of at least 4 members (excludes halogenated alkanes) is 23. The van der Waals surface area contributed by atoms with Gasteiger partial charge in [-0.3, -0.25) is 9.59 Å². The number of carbonyl (C=O) groups is 2. The highest BCUT2D eigenvalue weighted by Gasteiger charge is 2.24. The van der Waals surface area contributed by atoms with Crippen molar-refractivity contribution in [3.63, 3.8) is 0 Å². The van der Waals surface area contributed by atoms with Crippen LogP contribution >= 0.6 is 0 Å². The summed E-state index contributed by atoms with van der Waals surface area (Å²) < 4.78 is 5.87. The van der Waals surface area contributed by atoms with E-state index >= 15 is 0 Å². The third kappa shape index (κ3) is 35.1. The fourth-order valence-corrected chi connectivity index (χ4v) is 6.66. The van der Waals surface area contributed by atoms with E-state index < -0.39 is 18.2 Å². The molecule has 3 unspecified atom stereocenters. The molecule has 0 radical (unpaired) electrons. The number of hydrogen-bond donors (Lipinski definition) is 3. The molecule has 0 saturated carbocycles. The Bertz CT molecular complexity index is 869. The number of rotatable bonds is 39. The van der Waals surface area contributed by atoms with Crippen LogP contribution in [0.3, 0.4) is 0 Å². The lowest BCUT2D eigenvalue weighted by atomic mass is 10.0. The molecular weight excluding hydrogens is 647 g/mol. The number of aliphatic hydroxyl groups excluding tert-OH is 2. The van der Waals surface area contributed by atoms with Gasteiger partial charge < -0.3 is 20.3 Å². The molecule has 3 atom stereocenters. The number of carbonyl (C=O) groups excluding carboxylic acids is 2. The molecule has 0 aliphatic heterocycles. The lowest BCUT2D eigenvalue weighted by Gasteiger charge is -2.24. The lowest BCUT2D eigenvalue weighted by Crippen LogP contribution is -2.46. The molecule has 0 aromatic carbocycles. The summed E-state index contributed by atoms with van der Waals surface area (Å²) in [7, 11) is 0. The van der Waals surface area contributed by atoms with Crippen LogP contribution < -0.4 is 5.32 Å². The van der Waals surface area contributed by atoms with Gasteiger partial charge in [-0.25, -0.2) is 0 Å². The van der Waals surface area contributed by atoms with Crippen molar-refractivity contribution in [3.8, 4) is 0 Å². The van der Waals surface area contributed by atoms with Gasteiger partial charge in [-0.15, -0.1) is 0 Å². The number of hydrogen-bond acceptors (Lipinski definition) is 5. The highest BCUT2D eigenvalue weighted by Crippen LogP contribution is 2.17. The minimum atomic E-state index is -0.788. The van der Waals surface area contributed by atoms with Gasteiger partial charge in [0, 0.05) is 6.42 Å². The minimum Gasteiger partial charge on any atom is -0.462 e. The van der Waals surface area contributed by atoms with Crippen LogP contribution in [0.15, 0.2) is 36.5 Å². The van der Waals surface area contributed by atoms with Crippen molar-refractivity contribution in [3.05, 3.63) is 36.5 Å². The smallest absolute Gasteiger partial charge is 0.306 e. The van der Waals surface area contributed by atoms with Crippen LogP contribution in [0, 0.1) is 0 Å². The normalized spacial score (nSPS) is 13.7. The molecule has 0 spiro atoms. The predicted molar refractivity (Wildman–Crippen MR) is 222 cm³/mol. The van der Waals surface area contributed by atoms with Gasteiger partial charge >= 0.3 is 5.97 Å². The molecule has 0 aromatic heterocycles. The van der Waals surface area contributed by atoms with Crippen LogP contribution in [-0.2, 0) is 14.3 Å². The second kappa shape index (κ2) is 40.3. The van der Waals surface area contributed by atoms with Gasteiger partial charge in [-0.1, -0.05) is 198 Å². The molecule has 6 nitrogen and oxygen atoms in total. The van der Waals surface area contributed by atoms with Crippen molar-refractivity contribution in [1.29, 1.82) is 0 Å². The van der Waals surface area contributed by atoms with Crippen LogP contribution in [0.25, 0.3) is 0 Å². The number of aliphatic hydroxyl groups is 2. The molecule has 52 heavy (non-hydrogen) atoms. The van der Waals surface area contributed by atoms with Crippen molar-refractivity contribution >= 4 is 11.9 Å². The summed E-state index contributed by atoms with van der Waals surface area (Å²) in [6.07, 6.45) is 44.9. The largest absolute Gasteiger partial charge is 0.462 e. The van der Waals surface area contributed by atoms with Gasteiger partial charge in [-0.05, 0) is 44.9 Å². The molecule has 6 heteroatoms. The third-order valence-corrected chi connectivity index (χ3v) is 10.0. The first kappa shape index (κ1) is 50.1. The minimum absolute atomic E-state index is 0.0664. The first-order valence-corrected chi connectivity index (χ1v) is 22.2. The van der Waals surface area contributed by atoms with Crippen molar-refractivity contribution in [2.75, 3.05) is 6.61 Å². The van der Waals surface area contributed by atoms with E-state index in [-0.39, 0.29) is 24.9 Å². The first-order valence-electron chi connectivity index (χ1n) is 22.2. The maximum Gasteiger partial charge on any atom is 0.306 e. The summed E-state index contributed by atoms with van der Waals surface area (Å²) in [6, 6.07) is -0.703. The molecule has 1 amide bonds. The Hall–Kier alpha value is -1.92. The highest BCUT2D eigenvalue weighted by molar-refractivity contribution is 5.77. The van der Waals surface area contributed by atoms with Gasteiger partial charge in [0.2, 0.25) is 5.91 Å². The molecule has 0 heterocycles. The summed E-state index contributed by atoms with van der Waals surface area (Å²) in [5.74, 6) is -0.495. The fourth-order valence-electron chi connectivity index (χ4n) is 6.66. The number of nitrogens with one attached hydrogen (secondary N) is 1. The van der Waals surface area contributed by atoms with Crippen molar-refractivity contribution in [1.82, 2.24) is 5.32 Å². The van der Waals surface area contributed by atoms with E-state index in [1.165, 1.54) is 89.9 Å². The quantitative estimate of drug-likeness (QED) is 0.0332. The summed E-state index contributed by atoms with van der Waals surface area (Å²) in [5, 5.41) is 23.6. The van der Waals surface area contributed by atoms with Crippen molar-refractivity contribution in [2.24, 2.45) is 0 Å². The number of esters is 1. The Labute approximate surface area is 322 Å². The van der Waals surface area contributed by atoms with Crippen molar-refractivity contribution < 1.29 is 24.5 Å². The summed E-state index contributed by atoms with van der Waals surface area (Å²) in [5.41, 5.74) is 0. The zero-order chi connectivity index (χ0) is 38.2. The maximum atomic E-state index is 13.1. The number of allylic oxidation sites excluding steroid dienone is 6. The Morgan fingerprint density at radius 3 is 1.56 bits per heavy atom. The molecule has 304 valence electrons. The van der Waals surface area contributed by atoms with E-state index in [9.17, 15) is 19.8 Å². The molecule has 3 N–H and O–H groups in total. The summed E-state index contributed by atoms with van der Waals surface area (Å²) >= 11 is 0. The third-order valence-electron chi connectivity index (χ3n) is 10.0. The Kier molecular flexibility index (Phi) is 38.8. The Balaban J connectivity index is 4.62. The Morgan fingerprint density at radius 2 is 1.04 bits per heavy atom. The van der Waals surface area contributed by atoms with Crippen LogP contribution in [0.2, 0.25) is 0 Å². The standard InChI is InChI=1S/C46H85NO5/c1-4-7-10-13-16-19-21-22-24-26-28-31-34-37-42(52-46(51)39-36-33-30-25-18-15-12-9-6-3)40-45(50)47-43(41-48)44(49)38-35-32-29-27-23-20-17-14-11-8-5-2/h7,10,13,16,19,21,42-44,48-49H,4-6,8-9,11-12,14-15,17-18,20,22-41H2,1-3H3,(H,47,50)/b10-7+,16-13+,21-19+. The number of amides is 1. The zero-order valence-electron chi connectivity index (χ0n) is 34.4. The molecule has 0 aromatic rings. The second-order valence-corrected chi connectivity index (χ2v) is 15.1. The molecule has 0 aliphatic rings. The van der Waals surface area contributed by atoms with E-state index in [2.05, 4.69) is 62.5 Å². The average Bonchev–Trinajstić information content (AvgIpc) is 3.13. The highest BCUT2D eigenvalue weighted by atomic mass is 16.5. The lowest BCUT2D eigenvalue weighted by molar-refractivity contribution is -0.151. The SMILES string of the molecule is CC/C=C/C=C/C=C/CCCCCCCC(CC(=O)NC(CO)C(O)CCCCCCCCCCCCC)OC(=O)CCCCCCCCCCC. The fraction of sp³-hybridized carbons (Fsp3) is 0.826. The van der Waals surface area contributed by atoms with Gasteiger partial charge in [0.25, 0.3) is 0 Å². The molecule has 0 saturated heterocycles. The van der Waals surface area contributed by atoms with E-state index in [0.29, 0.717) is 19.3 Å². The second-order valence-electron chi connectivity index (χ2n) is 15.1. The maximum absolute atomic E-state index is 13.1. The van der Waals surface area contributed by atoms with Gasteiger partial charge in [0.1, 0.15) is 6.10 Å². The average molecular weight is 732 g/mol. The van der Waals surface area contributed by atoms with Crippen LogP contribution in [-0.4, -0.2) is 46.9 Å². The predicted octanol–water partition coefficient (Wildman–Crippen LogP) is 12.6. The van der Waals surface area contributed by atoms with Gasteiger partial charge in [0.05, 0.1) is 25.2 Å². The Morgan fingerprint density at radius 1 is 0.577 bits per heavy atom. The molecule has 0 aliphatic carbocycles. The molecule has 0 fully saturated rings. The summed E-state index contributed by atoms with van der Waals surface area (Å²) in [4.78, 5) is 25.9. The van der Waals surface area contributed by atoms with Gasteiger partial charge in [0.15, 0.2) is 0 Å². The molecular formula is C46H85NO5. The van der Waals surface area contributed by atoms with E-state index in [4.69, 9.17) is 4.74 Å². The molecule has 0 bridgehead atoms. The van der Waals surface area contributed by atoms with E-state index in [1.54, 1.807) is 0 Å². The van der Waals surface area contributed by atoms with Gasteiger partial charge in [-0.2, -0.15) is 0 Å². The van der Waals surface area contributed by atoms with E-state index in [0.717, 1.165) is 83.5 Å². The van der Waals surface area contributed by atoms with Crippen LogP contribution in [0.1, 0.15) is 220 Å². The topological polar surface area (TPSA) is 95.9 Å². The monoisotopic (exact) mass is 732 g/mol.